The van der Waals surface area contributed by atoms with Crippen LogP contribution < -0.4 is 4.90 Å². The van der Waals surface area contributed by atoms with Crippen LogP contribution in [0.2, 0.25) is 10.0 Å². The Morgan fingerprint density at radius 3 is 2.16 bits per heavy atom. The Morgan fingerprint density at radius 2 is 1.55 bits per heavy atom. The molecule has 1 aliphatic heterocycles. The van der Waals surface area contributed by atoms with E-state index in [1.807, 2.05) is 0 Å². The molecule has 4 rings (SSSR count). The van der Waals surface area contributed by atoms with Crippen LogP contribution in [0.4, 0.5) is 10.1 Å². The van der Waals surface area contributed by atoms with E-state index in [4.69, 9.17) is 23.2 Å². The number of aliphatic hydroxyl groups excluding tert-OH is 1. The molecule has 0 saturated carbocycles. The largest absolute Gasteiger partial charge is 0.508 e. The summed E-state index contributed by atoms with van der Waals surface area (Å²) in [5, 5.41) is 21.1. The van der Waals surface area contributed by atoms with Crippen molar-refractivity contribution in [1.29, 1.82) is 0 Å². The quantitative estimate of drug-likeness (QED) is 0.310. The number of nitrogens with zero attached hydrogens (tertiary/aromatic N) is 1. The van der Waals surface area contributed by atoms with Crippen molar-refractivity contribution in [3.8, 4) is 5.75 Å². The van der Waals surface area contributed by atoms with Crippen molar-refractivity contribution in [2.45, 2.75) is 6.04 Å². The topological polar surface area (TPSA) is 77.8 Å². The fourth-order valence-electron chi connectivity index (χ4n) is 3.47. The first kappa shape index (κ1) is 20.9. The van der Waals surface area contributed by atoms with Crippen molar-refractivity contribution in [2.75, 3.05) is 4.90 Å². The van der Waals surface area contributed by atoms with Crippen molar-refractivity contribution in [3.63, 3.8) is 0 Å². The monoisotopic (exact) mass is 457 g/mol. The molecule has 1 aliphatic rings. The van der Waals surface area contributed by atoms with Gasteiger partial charge in [0.1, 0.15) is 17.3 Å². The summed E-state index contributed by atoms with van der Waals surface area (Å²) in [6.07, 6.45) is 0. The van der Waals surface area contributed by atoms with Gasteiger partial charge < -0.3 is 10.2 Å². The summed E-state index contributed by atoms with van der Waals surface area (Å²) in [4.78, 5) is 27.1. The number of carbonyl (C=O) groups excluding carboxylic acids is 2. The van der Waals surface area contributed by atoms with E-state index in [9.17, 15) is 24.2 Å². The second kappa shape index (κ2) is 8.06. The molecule has 3 aromatic rings. The molecule has 1 atom stereocenters. The van der Waals surface area contributed by atoms with Gasteiger partial charge in [-0.15, -0.1) is 0 Å². The first-order valence-corrected chi connectivity index (χ1v) is 9.84. The number of Topliss-reactive ketones (excluding diaryl/α,β-unsaturated/α-hetero) is 1. The number of hydrogen-bond acceptors (Lipinski definition) is 4. The van der Waals surface area contributed by atoms with Crippen LogP contribution in [0.3, 0.4) is 0 Å². The molecule has 2 N–H and O–H groups in total. The Balaban J connectivity index is 1.94. The van der Waals surface area contributed by atoms with Crippen LogP contribution in [0.25, 0.3) is 5.76 Å². The summed E-state index contributed by atoms with van der Waals surface area (Å²) in [6, 6.07) is 14.3. The van der Waals surface area contributed by atoms with Crippen LogP contribution in [-0.4, -0.2) is 21.9 Å². The highest BCUT2D eigenvalue weighted by atomic mass is 35.5. The first-order valence-electron chi connectivity index (χ1n) is 9.09. The number of halogens is 3. The average Bonchev–Trinajstić information content (AvgIpc) is 3.01. The normalized spacial score (nSPS) is 17.9. The number of phenols is 1. The molecule has 0 spiro atoms. The van der Waals surface area contributed by atoms with Crippen molar-refractivity contribution >= 4 is 46.3 Å². The fourth-order valence-corrected chi connectivity index (χ4v) is 3.77. The van der Waals surface area contributed by atoms with Gasteiger partial charge in [-0.25, -0.2) is 4.39 Å². The highest BCUT2D eigenvalue weighted by Crippen LogP contribution is 2.42. The van der Waals surface area contributed by atoms with E-state index in [0.29, 0.717) is 5.56 Å². The van der Waals surface area contributed by atoms with E-state index in [2.05, 4.69) is 0 Å². The van der Waals surface area contributed by atoms with Crippen molar-refractivity contribution in [1.82, 2.24) is 0 Å². The molecule has 0 aliphatic carbocycles. The van der Waals surface area contributed by atoms with Gasteiger partial charge in [-0.3, -0.25) is 14.5 Å². The van der Waals surface area contributed by atoms with Crippen molar-refractivity contribution < 1.29 is 24.2 Å². The third-order valence-corrected chi connectivity index (χ3v) is 5.69. The molecule has 156 valence electrons. The molecule has 1 saturated heterocycles. The van der Waals surface area contributed by atoms with Gasteiger partial charge in [0.2, 0.25) is 0 Å². The van der Waals surface area contributed by atoms with E-state index >= 15 is 0 Å². The lowest BCUT2D eigenvalue weighted by molar-refractivity contribution is -0.132. The predicted molar refractivity (Wildman–Crippen MR) is 116 cm³/mol. The maximum absolute atomic E-state index is 13.4. The minimum Gasteiger partial charge on any atom is -0.508 e. The SMILES string of the molecule is O=C1C(=O)N(c2ccc(F)cc2)C(c2ccc(O)cc2)/C1=C(/O)c1ccc(Cl)c(Cl)c1. The second-order valence-corrected chi connectivity index (χ2v) is 7.68. The smallest absolute Gasteiger partial charge is 0.300 e. The molecule has 1 unspecified atom stereocenters. The molecule has 1 heterocycles. The van der Waals surface area contributed by atoms with E-state index in [0.717, 1.165) is 0 Å². The lowest BCUT2D eigenvalue weighted by Crippen LogP contribution is -2.29. The Bertz CT molecular complexity index is 1220. The van der Waals surface area contributed by atoms with Gasteiger partial charge >= 0.3 is 0 Å². The molecule has 31 heavy (non-hydrogen) atoms. The summed E-state index contributed by atoms with van der Waals surface area (Å²) in [7, 11) is 0. The van der Waals surface area contributed by atoms with Gasteiger partial charge in [0.15, 0.2) is 0 Å². The number of amides is 1. The number of rotatable bonds is 3. The fraction of sp³-hybridized carbons (Fsp3) is 0.0435. The van der Waals surface area contributed by atoms with Crippen LogP contribution in [0.15, 0.2) is 72.3 Å². The number of aliphatic hydroxyl groups is 1. The summed E-state index contributed by atoms with van der Waals surface area (Å²) >= 11 is 12.0. The van der Waals surface area contributed by atoms with E-state index < -0.39 is 29.3 Å². The van der Waals surface area contributed by atoms with Gasteiger partial charge in [0.25, 0.3) is 11.7 Å². The standard InChI is InChI=1S/C23H14Cl2FNO4/c24-17-10-3-13(11-18(17)25)21(29)19-20(12-1-8-16(28)9-2-12)27(23(31)22(19)30)15-6-4-14(26)5-7-15/h1-11,20,28-29H/b21-19-. The Labute approximate surface area is 186 Å². The Kier molecular flexibility index (Phi) is 5.43. The maximum Gasteiger partial charge on any atom is 0.300 e. The van der Waals surface area contributed by atoms with Crippen LogP contribution in [-0.2, 0) is 9.59 Å². The second-order valence-electron chi connectivity index (χ2n) is 6.87. The third kappa shape index (κ3) is 3.76. The van der Waals surface area contributed by atoms with Crippen molar-refractivity contribution in [2.24, 2.45) is 0 Å². The van der Waals surface area contributed by atoms with Crippen LogP contribution in [0.1, 0.15) is 17.2 Å². The molecule has 0 radical (unpaired) electrons. The van der Waals surface area contributed by atoms with Gasteiger partial charge in [0.05, 0.1) is 21.7 Å². The zero-order chi connectivity index (χ0) is 22.3. The molecule has 0 bridgehead atoms. The zero-order valence-electron chi connectivity index (χ0n) is 15.7. The minimum atomic E-state index is -1.01. The molecule has 8 heteroatoms. The van der Waals surface area contributed by atoms with Gasteiger partial charge in [-0.1, -0.05) is 35.3 Å². The Morgan fingerprint density at radius 1 is 0.903 bits per heavy atom. The number of anilines is 1. The maximum atomic E-state index is 13.4. The van der Waals surface area contributed by atoms with Crippen LogP contribution >= 0.6 is 23.2 Å². The summed E-state index contributed by atoms with van der Waals surface area (Å²) in [5.41, 5.74) is 0.770. The third-order valence-electron chi connectivity index (χ3n) is 4.95. The lowest BCUT2D eigenvalue weighted by atomic mass is 9.95. The molecule has 3 aromatic carbocycles. The van der Waals surface area contributed by atoms with Crippen LogP contribution in [0, 0.1) is 5.82 Å². The highest BCUT2D eigenvalue weighted by molar-refractivity contribution is 6.51. The molecule has 0 aromatic heterocycles. The first-order chi connectivity index (χ1) is 14.8. The summed E-state index contributed by atoms with van der Waals surface area (Å²) in [5.74, 6) is -2.74. The predicted octanol–water partition coefficient (Wildman–Crippen LogP) is 5.46. The summed E-state index contributed by atoms with van der Waals surface area (Å²) in [6.45, 7) is 0. The Hall–Kier alpha value is -3.35. The summed E-state index contributed by atoms with van der Waals surface area (Å²) < 4.78 is 13.4. The highest BCUT2D eigenvalue weighted by Gasteiger charge is 2.47. The minimum absolute atomic E-state index is 0.00744. The molecular weight excluding hydrogens is 444 g/mol. The van der Waals surface area contributed by atoms with E-state index in [-0.39, 0.29) is 32.6 Å². The van der Waals surface area contributed by atoms with Gasteiger partial charge in [-0.2, -0.15) is 0 Å². The average molecular weight is 458 g/mol. The lowest BCUT2D eigenvalue weighted by Gasteiger charge is -2.25. The molecule has 1 fully saturated rings. The number of ketones is 1. The number of carbonyl (C=O) groups is 2. The van der Waals surface area contributed by atoms with Gasteiger partial charge in [0, 0.05) is 11.3 Å². The van der Waals surface area contributed by atoms with Crippen LogP contribution in [0.5, 0.6) is 5.75 Å². The molecular formula is C23H14Cl2FNO4. The number of phenolic OH excluding ortho intramolecular Hbond substituents is 1. The molecule has 1 amide bonds. The van der Waals surface area contributed by atoms with E-state index in [1.165, 1.54) is 71.6 Å². The number of hydrogen-bond donors (Lipinski definition) is 2. The van der Waals surface area contributed by atoms with Gasteiger partial charge in [-0.05, 0) is 60.2 Å². The number of benzene rings is 3. The zero-order valence-corrected chi connectivity index (χ0v) is 17.2. The molecule has 5 nitrogen and oxygen atoms in total. The van der Waals surface area contributed by atoms with Crippen molar-refractivity contribution in [3.05, 3.63) is 99.3 Å². The van der Waals surface area contributed by atoms with E-state index in [1.54, 1.807) is 0 Å². The number of aromatic hydroxyl groups is 1.